The molecule has 138 valence electrons. The molecule has 9 nitrogen and oxygen atoms in total. The summed E-state index contributed by atoms with van der Waals surface area (Å²) >= 11 is 0. The van der Waals surface area contributed by atoms with Crippen LogP contribution in [-0.2, 0) is 9.59 Å². The number of rotatable bonds is 14. The quantitative estimate of drug-likeness (QED) is 0.0942. The first kappa shape index (κ1) is 21.8. The Morgan fingerprint density at radius 1 is 1.21 bits per heavy atom. The topological polar surface area (TPSA) is 137 Å². The highest BCUT2D eigenvalue weighted by Crippen LogP contribution is 2.07. The second kappa shape index (κ2) is 14.4. The molecule has 9 heteroatoms. The van der Waals surface area contributed by atoms with Gasteiger partial charge in [0.05, 0.1) is 6.04 Å². The molecule has 0 aromatic carbocycles. The average molecular weight is 343 g/mol. The maximum atomic E-state index is 11.8. The minimum Gasteiger partial charge on any atom is -0.352 e. The zero-order valence-corrected chi connectivity index (χ0v) is 14.3. The molecule has 24 heavy (non-hydrogen) atoms. The van der Waals surface area contributed by atoms with Crippen LogP contribution in [0.15, 0.2) is 0 Å². The molecule has 1 amide bonds. The average Bonchev–Trinajstić information content (AvgIpc) is 2.52. The lowest BCUT2D eigenvalue weighted by molar-refractivity contribution is -0.525. The Labute approximate surface area is 142 Å². The number of nitrogens with one attached hydrogen (secondary N) is 4. The molecule has 0 saturated heterocycles. The van der Waals surface area contributed by atoms with E-state index in [0.717, 1.165) is 19.3 Å². The van der Waals surface area contributed by atoms with Gasteiger partial charge in [0.2, 0.25) is 5.91 Å². The van der Waals surface area contributed by atoms with E-state index >= 15 is 0 Å². The van der Waals surface area contributed by atoms with Crippen molar-refractivity contribution in [2.75, 3.05) is 6.54 Å². The van der Waals surface area contributed by atoms with E-state index in [0.29, 0.717) is 32.1 Å². The Hall–Kier alpha value is -2.19. The molecule has 0 aliphatic carbocycles. The van der Waals surface area contributed by atoms with Gasteiger partial charge in [0.15, 0.2) is 5.03 Å². The number of unbranched alkanes of at least 4 members (excludes halogenated alkanes) is 5. The van der Waals surface area contributed by atoms with E-state index in [9.17, 15) is 19.7 Å². The smallest absolute Gasteiger partial charge is 0.251 e. The first-order valence-electron chi connectivity index (χ1n) is 8.47. The number of carbonyl (C=O) groups is 2. The number of nitro groups is 1. The summed E-state index contributed by atoms with van der Waals surface area (Å²) in [4.78, 5) is 32.8. The number of hydrogen-bond donors (Lipinski definition) is 4. The van der Waals surface area contributed by atoms with Gasteiger partial charge in [0.1, 0.15) is 6.29 Å². The van der Waals surface area contributed by atoms with Crippen LogP contribution < -0.4 is 16.1 Å². The fraction of sp³-hybridized carbons (Fsp3) is 0.800. The Morgan fingerprint density at radius 2 is 1.88 bits per heavy atom. The summed E-state index contributed by atoms with van der Waals surface area (Å²) in [7, 11) is 0. The van der Waals surface area contributed by atoms with Crippen LogP contribution in [0.3, 0.4) is 0 Å². The molecule has 0 heterocycles. The van der Waals surface area contributed by atoms with Crippen molar-refractivity contribution in [2.24, 2.45) is 0 Å². The third kappa shape index (κ3) is 13.5. The van der Waals surface area contributed by atoms with Crippen molar-refractivity contribution < 1.29 is 14.6 Å². The highest BCUT2D eigenvalue weighted by molar-refractivity contribution is 5.79. The summed E-state index contributed by atoms with van der Waals surface area (Å²) in [6.07, 6.45) is 8.64. The predicted octanol–water partition coefficient (Wildman–Crippen LogP) is 1.51. The van der Waals surface area contributed by atoms with E-state index in [-0.39, 0.29) is 5.91 Å². The molecule has 0 bridgehead atoms. The number of amides is 1. The van der Waals surface area contributed by atoms with Gasteiger partial charge in [-0.15, -0.1) is 0 Å². The second-order valence-electron chi connectivity index (χ2n) is 5.64. The molecule has 0 fully saturated rings. The van der Waals surface area contributed by atoms with Crippen LogP contribution in [0.25, 0.3) is 0 Å². The van der Waals surface area contributed by atoms with Gasteiger partial charge in [-0.1, -0.05) is 44.5 Å². The lowest BCUT2D eigenvalue weighted by Gasteiger charge is -2.13. The third-order valence-corrected chi connectivity index (χ3v) is 3.46. The van der Waals surface area contributed by atoms with Crippen molar-refractivity contribution >= 4 is 18.2 Å². The molecule has 4 N–H and O–H groups in total. The standard InChI is InChI=1S/C15H29N5O4/c1-2-3-4-5-6-7-10-14(22)18-13(12-21)9-8-11-17-15(16)19-20(23)24/h12-13H,2-11H2,1H3,(H,18,22)(H3,16,17,19). The predicted molar refractivity (Wildman–Crippen MR) is 91.1 cm³/mol. The summed E-state index contributed by atoms with van der Waals surface area (Å²) < 4.78 is 0. The fourth-order valence-corrected chi connectivity index (χ4v) is 2.19. The molecular weight excluding hydrogens is 314 g/mol. The number of carbonyl (C=O) groups excluding carboxylic acids is 2. The van der Waals surface area contributed by atoms with Crippen LogP contribution in [0.5, 0.6) is 0 Å². The van der Waals surface area contributed by atoms with Crippen LogP contribution in [0.1, 0.15) is 64.7 Å². The van der Waals surface area contributed by atoms with Crippen LogP contribution in [0, 0.1) is 15.5 Å². The van der Waals surface area contributed by atoms with Gasteiger partial charge >= 0.3 is 0 Å². The lowest BCUT2D eigenvalue weighted by atomic mass is 10.1. The minimum atomic E-state index is -0.827. The molecule has 1 atom stereocenters. The highest BCUT2D eigenvalue weighted by Gasteiger charge is 2.11. The molecule has 0 aliphatic heterocycles. The normalized spacial score (nSPS) is 11.4. The highest BCUT2D eigenvalue weighted by atomic mass is 16.7. The van der Waals surface area contributed by atoms with E-state index in [2.05, 4.69) is 17.6 Å². The van der Waals surface area contributed by atoms with E-state index in [4.69, 9.17) is 5.41 Å². The molecule has 0 saturated carbocycles. The molecule has 0 rings (SSSR count). The number of hydrazine groups is 1. The fourth-order valence-electron chi connectivity index (χ4n) is 2.19. The van der Waals surface area contributed by atoms with Crippen molar-refractivity contribution in [1.29, 1.82) is 5.41 Å². The van der Waals surface area contributed by atoms with Gasteiger partial charge in [0.25, 0.3) is 5.96 Å². The largest absolute Gasteiger partial charge is 0.352 e. The Bertz CT molecular complexity index is 403. The van der Waals surface area contributed by atoms with Gasteiger partial charge in [-0.2, -0.15) is 0 Å². The van der Waals surface area contributed by atoms with E-state index < -0.39 is 17.0 Å². The molecule has 0 radical (unpaired) electrons. The Kier molecular flexibility index (Phi) is 13.1. The second-order valence-corrected chi connectivity index (χ2v) is 5.64. The van der Waals surface area contributed by atoms with Gasteiger partial charge in [-0.25, -0.2) is 10.1 Å². The monoisotopic (exact) mass is 343 g/mol. The zero-order chi connectivity index (χ0) is 18.2. The Morgan fingerprint density at radius 3 is 2.50 bits per heavy atom. The van der Waals surface area contributed by atoms with Crippen molar-refractivity contribution in [3.63, 3.8) is 0 Å². The van der Waals surface area contributed by atoms with Gasteiger partial charge in [0, 0.05) is 13.0 Å². The summed E-state index contributed by atoms with van der Waals surface area (Å²) in [5.41, 5.74) is 1.67. The van der Waals surface area contributed by atoms with Crippen LogP contribution in [-0.4, -0.2) is 35.8 Å². The molecule has 0 aliphatic rings. The minimum absolute atomic E-state index is 0.127. The maximum Gasteiger partial charge on any atom is 0.251 e. The molecule has 0 aromatic heterocycles. The number of nitrogens with zero attached hydrogens (tertiary/aromatic N) is 1. The van der Waals surface area contributed by atoms with Crippen LogP contribution in [0.4, 0.5) is 0 Å². The number of hydrogen-bond acceptors (Lipinski definition) is 5. The van der Waals surface area contributed by atoms with E-state index in [1.165, 1.54) is 19.3 Å². The molecular formula is C15H29N5O4. The zero-order valence-electron chi connectivity index (χ0n) is 14.3. The van der Waals surface area contributed by atoms with Crippen molar-refractivity contribution in [3.8, 4) is 0 Å². The summed E-state index contributed by atoms with van der Waals surface area (Å²) in [5, 5.41) is 21.7. The van der Waals surface area contributed by atoms with Crippen LogP contribution in [0.2, 0.25) is 0 Å². The van der Waals surface area contributed by atoms with Crippen molar-refractivity contribution in [2.45, 2.75) is 70.8 Å². The number of aldehydes is 1. The SMILES string of the molecule is CCCCCCCCC(=O)NC(C=O)CCCNC(=N)N[N+](=O)[O-]. The van der Waals surface area contributed by atoms with Crippen molar-refractivity contribution in [3.05, 3.63) is 10.1 Å². The maximum absolute atomic E-state index is 11.8. The number of guanidine groups is 1. The first-order valence-corrected chi connectivity index (χ1v) is 8.47. The molecule has 0 aromatic rings. The van der Waals surface area contributed by atoms with Crippen molar-refractivity contribution in [1.82, 2.24) is 16.1 Å². The van der Waals surface area contributed by atoms with E-state index in [1.54, 1.807) is 5.43 Å². The summed E-state index contributed by atoms with van der Waals surface area (Å²) in [5.74, 6) is -0.534. The van der Waals surface area contributed by atoms with Crippen LogP contribution >= 0.6 is 0 Å². The van der Waals surface area contributed by atoms with Gasteiger partial charge in [-0.05, 0) is 19.3 Å². The van der Waals surface area contributed by atoms with E-state index in [1.807, 2.05) is 0 Å². The summed E-state index contributed by atoms with van der Waals surface area (Å²) in [6, 6.07) is -0.558. The summed E-state index contributed by atoms with van der Waals surface area (Å²) in [6.45, 7) is 2.46. The first-order chi connectivity index (χ1) is 11.5. The van der Waals surface area contributed by atoms with Gasteiger partial charge in [-0.3, -0.25) is 10.2 Å². The Balaban J connectivity index is 3.74. The lowest BCUT2D eigenvalue weighted by Crippen LogP contribution is -2.41. The molecule has 1 unspecified atom stereocenters. The third-order valence-electron chi connectivity index (χ3n) is 3.46. The van der Waals surface area contributed by atoms with Gasteiger partial charge < -0.3 is 15.4 Å². The molecule has 0 spiro atoms.